The Morgan fingerprint density at radius 3 is 2.63 bits per heavy atom. The summed E-state index contributed by atoms with van der Waals surface area (Å²) in [6.45, 7) is 0.0977. The largest absolute Gasteiger partial charge is 0.378 e. The molecule has 0 aliphatic heterocycles. The van der Waals surface area contributed by atoms with Crippen molar-refractivity contribution in [3.8, 4) is 6.07 Å². The Bertz CT molecular complexity index is 629. The predicted octanol–water partition coefficient (Wildman–Crippen LogP) is 2.99. The first-order chi connectivity index (χ1) is 9.19. The van der Waals surface area contributed by atoms with Gasteiger partial charge in [0.1, 0.15) is 5.82 Å². The van der Waals surface area contributed by atoms with Crippen LogP contribution in [-0.4, -0.2) is 12.3 Å². The van der Waals surface area contributed by atoms with Gasteiger partial charge in [-0.15, -0.1) is 0 Å². The van der Waals surface area contributed by atoms with Crippen molar-refractivity contribution in [2.45, 2.75) is 0 Å². The molecule has 0 saturated carbocycles. The average Bonchev–Trinajstić information content (AvgIpc) is 2.46. The van der Waals surface area contributed by atoms with Gasteiger partial charge in [-0.05, 0) is 42.5 Å². The molecule has 0 fully saturated rings. The molecule has 0 spiro atoms. The van der Waals surface area contributed by atoms with Crippen LogP contribution < -0.4 is 5.32 Å². The molecule has 0 amide bonds. The second-order valence-electron chi connectivity index (χ2n) is 3.98. The standard InChI is InChI=1S/C15H11FN2O/c16-13-6-4-12(5-7-13)15(19)10-18-14-3-1-2-11(8-14)9-17/h1-8,18H,10H2. The molecule has 94 valence electrons. The molecule has 0 atom stereocenters. The van der Waals surface area contributed by atoms with E-state index in [1.165, 1.54) is 24.3 Å². The monoisotopic (exact) mass is 254 g/mol. The number of hydrogen-bond donors (Lipinski definition) is 1. The summed E-state index contributed by atoms with van der Waals surface area (Å²) < 4.78 is 12.7. The molecule has 0 saturated heterocycles. The van der Waals surface area contributed by atoms with E-state index in [4.69, 9.17) is 5.26 Å². The molecular formula is C15H11FN2O. The van der Waals surface area contributed by atoms with Crippen molar-refractivity contribution in [2.24, 2.45) is 0 Å². The first-order valence-electron chi connectivity index (χ1n) is 5.72. The summed E-state index contributed by atoms with van der Waals surface area (Å²) in [5, 5.41) is 11.7. The van der Waals surface area contributed by atoms with Crippen LogP contribution in [0.15, 0.2) is 48.5 Å². The molecule has 2 rings (SSSR count). The predicted molar refractivity (Wildman–Crippen MR) is 70.4 cm³/mol. The maximum Gasteiger partial charge on any atom is 0.181 e. The normalized spacial score (nSPS) is 9.68. The van der Waals surface area contributed by atoms with Gasteiger partial charge in [0, 0.05) is 11.3 Å². The second kappa shape index (κ2) is 5.78. The Morgan fingerprint density at radius 2 is 1.95 bits per heavy atom. The van der Waals surface area contributed by atoms with Crippen LogP contribution >= 0.6 is 0 Å². The van der Waals surface area contributed by atoms with Crippen molar-refractivity contribution in [3.05, 3.63) is 65.5 Å². The summed E-state index contributed by atoms with van der Waals surface area (Å²) in [7, 11) is 0. The third-order valence-corrected chi connectivity index (χ3v) is 2.61. The number of carbonyl (C=O) groups excluding carboxylic acids is 1. The molecule has 0 bridgehead atoms. The van der Waals surface area contributed by atoms with Gasteiger partial charge in [0.2, 0.25) is 0 Å². The fourth-order valence-electron chi connectivity index (χ4n) is 1.62. The molecule has 3 nitrogen and oxygen atoms in total. The Balaban J connectivity index is 2.00. The minimum atomic E-state index is -0.369. The van der Waals surface area contributed by atoms with Gasteiger partial charge in [0.25, 0.3) is 0 Å². The molecule has 1 N–H and O–H groups in total. The number of anilines is 1. The third-order valence-electron chi connectivity index (χ3n) is 2.61. The van der Waals surface area contributed by atoms with E-state index in [2.05, 4.69) is 5.32 Å². The zero-order valence-electron chi connectivity index (χ0n) is 10.1. The number of nitrogens with one attached hydrogen (secondary N) is 1. The molecule has 2 aromatic carbocycles. The van der Waals surface area contributed by atoms with Crippen molar-refractivity contribution in [1.29, 1.82) is 5.26 Å². The number of nitriles is 1. The molecule has 4 heteroatoms. The SMILES string of the molecule is N#Cc1cccc(NCC(=O)c2ccc(F)cc2)c1. The van der Waals surface area contributed by atoms with Crippen LogP contribution in [0.4, 0.5) is 10.1 Å². The molecule has 0 aromatic heterocycles. The van der Waals surface area contributed by atoms with Crippen LogP contribution in [0, 0.1) is 17.1 Å². The van der Waals surface area contributed by atoms with Gasteiger partial charge < -0.3 is 5.32 Å². The van der Waals surface area contributed by atoms with E-state index in [-0.39, 0.29) is 18.1 Å². The van der Waals surface area contributed by atoms with Crippen molar-refractivity contribution in [2.75, 3.05) is 11.9 Å². The number of benzene rings is 2. The number of carbonyl (C=O) groups is 1. The molecule has 19 heavy (non-hydrogen) atoms. The fraction of sp³-hybridized carbons (Fsp3) is 0.0667. The van der Waals surface area contributed by atoms with E-state index in [0.717, 1.165) is 0 Å². The summed E-state index contributed by atoms with van der Waals surface area (Å²) in [5.74, 6) is -0.506. The summed E-state index contributed by atoms with van der Waals surface area (Å²) in [4.78, 5) is 11.8. The molecular weight excluding hydrogens is 243 g/mol. The van der Waals surface area contributed by atoms with E-state index in [1.807, 2.05) is 6.07 Å². The van der Waals surface area contributed by atoms with Crippen molar-refractivity contribution < 1.29 is 9.18 Å². The minimum Gasteiger partial charge on any atom is -0.378 e. The number of rotatable bonds is 4. The number of nitrogens with zero attached hydrogens (tertiary/aromatic N) is 1. The molecule has 0 aliphatic rings. The van der Waals surface area contributed by atoms with Crippen LogP contribution in [0.25, 0.3) is 0 Å². The smallest absolute Gasteiger partial charge is 0.181 e. The van der Waals surface area contributed by atoms with Gasteiger partial charge in [-0.2, -0.15) is 5.26 Å². The van der Waals surface area contributed by atoms with Gasteiger partial charge >= 0.3 is 0 Å². The first-order valence-corrected chi connectivity index (χ1v) is 5.72. The highest BCUT2D eigenvalue weighted by Crippen LogP contribution is 2.10. The Morgan fingerprint density at radius 1 is 1.21 bits per heavy atom. The van der Waals surface area contributed by atoms with Gasteiger partial charge in [-0.1, -0.05) is 6.07 Å². The van der Waals surface area contributed by atoms with E-state index in [0.29, 0.717) is 16.8 Å². The zero-order chi connectivity index (χ0) is 13.7. The summed E-state index contributed by atoms with van der Waals surface area (Å²) in [6, 6.07) is 14.3. The van der Waals surface area contributed by atoms with Crippen LogP contribution in [0.3, 0.4) is 0 Å². The highest BCUT2D eigenvalue weighted by atomic mass is 19.1. The van der Waals surface area contributed by atoms with Crippen molar-refractivity contribution in [1.82, 2.24) is 0 Å². The lowest BCUT2D eigenvalue weighted by molar-refractivity contribution is 0.101. The Hall–Kier alpha value is -2.67. The second-order valence-corrected chi connectivity index (χ2v) is 3.98. The van der Waals surface area contributed by atoms with Crippen LogP contribution in [0.1, 0.15) is 15.9 Å². The molecule has 0 radical (unpaired) electrons. The number of ketones is 1. The number of halogens is 1. The number of hydrogen-bond acceptors (Lipinski definition) is 3. The van der Waals surface area contributed by atoms with Gasteiger partial charge in [-0.25, -0.2) is 4.39 Å². The minimum absolute atomic E-state index is 0.0977. The lowest BCUT2D eigenvalue weighted by atomic mass is 10.1. The lowest BCUT2D eigenvalue weighted by Gasteiger charge is -2.06. The van der Waals surface area contributed by atoms with Gasteiger partial charge in [-0.3, -0.25) is 4.79 Å². The molecule has 0 aliphatic carbocycles. The van der Waals surface area contributed by atoms with E-state index in [9.17, 15) is 9.18 Å². The highest BCUT2D eigenvalue weighted by Gasteiger charge is 2.05. The van der Waals surface area contributed by atoms with Gasteiger partial charge in [0.05, 0.1) is 18.2 Å². The Labute approximate surface area is 110 Å². The van der Waals surface area contributed by atoms with E-state index in [1.54, 1.807) is 24.3 Å². The highest BCUT2D eigenvalue weighted by molar-refractivity contribution is 5.98. The molecule has 2 aromatic rings. The first kappa shape index (κ1) is 12.8. The van der Waals surface area contributed by atoms with Crippen molar-refractivity contribution >= 4 is 11.5 Å². The molecule has 0 unspecified atom stereocenters. The van der Waals surface area contributed by atoms with E-state index < -0.39 is 0 Å². The van der Waals surface area contributed by atoms with Crippen LogP contribution in [0.2, 0.25) is 0 Å². The topological polar surface area (TPSA) is 52.9 Å². The Kier molecular flexibility index (Phi) is 3.89. The third kappa shape index (κ3) is 3.39. The molecule has 0 heterocycles. The maximum absolute atomic E-state index is 12.7. The fourth-order valence-corrected chi connectivity index (χ4v) is 1.62. The summed E-state index contributed by atoms with van der Waals surface area (Å²) in [5.41, 5.74) is 1.68. The average molecular weight is 254 g/mol. The lowest BCUT2D eigenvalue weighted by Crippen LogP contribution is -2.13. The summed E-state index contributed by atoms with van der Waals surface area (Å²) in [6.07, 6.45) is 0. The quantitative estimate of drug-likeness (QED) is 0.853. The van der Waals surface area contributed by atoms with Crippen LogP contribution in [0.5, 0.6) is 0 Å². The van der Waals surface area contributed by atoms with Crippen LogP contribution in [-0.2, 0) is 0 Å². The van der Waals surface area contributed by atoms with Crippen molar-refractivity contribution in [3.63, 3.8) is 0 Å². The van der Waals surface area contributed by atoms with Gasteiger partial charge in [0.15, 0.2) is 5.78 Å². The number of Topliss-reactive ketones (excluding diaryl/α,β-unsaturated/α-hetero) is 1. The maximum atomic E-state index is 12.7. The zero-order valence-corrected chi connectivity index (χ0v) is 10.1. The van der Waals surface area contributed by atoms with E-state index >= 15 is 0 Å². The summed E-state index contributed by atoms with van der Waals surface area (Å²) >= 11 is 0.